The molecule has 1 aromatic rings. The topological polar surface area (TPSA) is 71.3 Å². The molecule has 1 fully saturated rings. The number of hydrogen-bond donors (Lipinski definition) is 2. The highest BCUT2D eigenvalue weighted by Gasteiger charge is 2.20. The number of likely N-dealkylation sites (N-methyl/N-ethyl adjacent to an activating group) is 1. The number of guanidine groups is 1. The predicted octanol–water partition coefficient (Wildman–Crippen LogP) is 2.02. The molecular weight excluding hydrogens is 332 g/mol. The lowest BCUT2D eigenvalue weighted by molar-refractivity contribution is 0.0420. The van der Waals surface area contributed by atoms with E-state index in [-0.39, 0.29) is 12.1 Å². The van der Waals surface area contributed by atoms with Crippen LogP contribution in [0.3, 0.4) is 0 Å². The van der Waals surface area contributed by atoms with Gasteiger partial charge in [-0.05, 0) is 38.1 Å². The average Bonchev–Trinajstić information content (AvgIpc) is 3.37. The fraction of sp³-hybridized carbons (Fsp3) is 0.737. The van der Waals surface area contributed by atoms with Gasteiger partial charge >= 0.3 is 0 Å². The van der Waals surface area contributed by atoms with Crippen molar-refractivity contribution < 1.29 is 13.9 Å². The fourth-order valence-corrected chi connectivity index (χ4v) is 3.14. The molecule has 2 heterocycles. The van der Waals surface area contributed by atoms with Gasteiger partial charge in [0, 0.05) is 33.4 Å². The van der Waals surface area contributed by atoms with Crippen LogP contribution in [0.1, 0.15) is 38.5 Å². The summed E-state index contributed by atoms with van der Waals surface area (Å²) >= 11 is 0. The third-order valence-electron chi connectivity index (χ3n) is 4.67. The molecule has 2 atom stereocenters. The minimum atomic E-state index is 0.184. The van der Waals surface area contributed by atoms with Crippen LogP contribution in [0.2, 0.25) is 0 Å². The van der Waals surface area contributed by atoms with Gasteiger partial charge in [-0.1, -0.05) is 13.8 Å². The van der Waals surface area contributed by atoms with Gasteiger partial charge in [0.1, 0.15) is 5.76 Å². The standard InChI is InChI=1S/C19H34N4O3/c1-4-23(5-2)17(18-8-6-11-26-18)14-22-19(20-3)21-10-7-12-25-16-9-13-24-15-16/h6,8,11,16-17H,4-5,7,9-10,12-15H2,1-3H3,(H2,20,21,22). The molecule has 0 saturated carbocycles. The van der Waals surface area contributed by atoms with Gasteiger partial charge in [0.2, 0.25) is 0 Å². The molecule has 2 unspecified atom stereocenters. The van der Waals surface area contributed by atoms with Crippen LogP contribution >= 0.6 is 0 Å². The molecule has 0 amide bonds. The SMILES string of the molecule is CCN(CC)C(CNC(=NC)NCCCOC1CCOC1)c1ccco1. The summed E-state index contributed by atoms with van der Waals surface area (Å²) in [5.74, 6) is 1.78. The molecule has 7 nitrogen and oxygen atoms in total. The first-order valence-electron chi connectivity index (χ1n) is 9.69. The van der Waals surface area contributed by atoms with Gasteiger partial charge < -0.3 is 24.5 Å². The second-order valence-corrected chi connectivity index (χ2v) is 6.34. The normalized spacial score (nSPS) is 19.1. The molecule has 1 aliphatic heterocycles. The van der Waals surface area contributed by atoms with Crippen molar-refractivity contribution in [3.63, 3.8) is 0 Å². The molecule has 0 spiro atoms. The fourth-order valence-electron chi connectivity index (χ4n) is 3.14. The van der Waals surface area contributed by atoms with Crippen molar-refractivity contribution in [3.05, 3.63) is 24.2 Å². The Bertz CT molecular complexity index is 497. The molecule has 2 rings (SSSR count). The van der Waals surface area contributed by atoms with Crippen LogP contribution in [-0.4, -0.2) is 70.0 Å². The summed E-state index contributed by atoms with van der Waals surface area (Å²) in [6.07, 6.45) is 3.95. The smallest absolute Gasteiger partial charge is 0.191 e. The number of ether oxygens (including phenoxy) is 2. The van der Waals surface area contributed by atoms with Gasteiger partial charge in [-0.15, -0.1) is 0 Å². The third-order valence-corrected chi connectivity index (χ3v) is 4.67. The number of aliphatic imine (C=N–C) groups is 1. The monoisotopic (exact) mass is 366 g/mol. The van der Waals surface area contributed by atoms with Gasteiger partial charge in [-0.2, -0.15) is 0 Å². The lowest BCUT2D eigenvalue weighted by Gasteiger charge is -2.28. The molecule has 1 saturated heterocycles. The highest BCUT2D eigenvalue weighted by Crippen LogP contribution is 2.20. The van der Waals surface area contributed by atoms with Crippen molar-refractivity contribution >= 4 is 5.96 Å². The minimum absolute atomic E-state index is 0.184. The first-order chi connectivity index (χ1) is 12.8. The quantitative estimate of drug-likeness (QED) is 0.355. The lowest BCUT2D eigenvalue weighted by Crippen LogP contribution is -2.43. The number of furan rings is 1. The van der Waals surface area contributed by atoms with Gasteiger partial charge in [0.05, 0.1) is 25.0 Å². The zero-order chi connectivity index (χ0) is 18.6. The summed E-state index contributed by atoms with van der Waals surface area (Å²) in [5.41, 5.74) is 0. The number of nitrogens with one attached hydrogen (secondary N) is 2. The Kier molecular flexibility index (Phi) is 9.52. The van der Waals surface area contributed by atoms with Gasteiger partial charge in [-0.25, -0.2) is 0 Å². The largest absolute Gasteiger partial charge is 0.468 e. The van der Waals surface area contributed by atoms with Crippen molar-refractivity contribution in [2.45, 2.75) is 38.8 Å². The van der Waals surface area contributed by atoms with Crippen molar-refractivity contribution in [1.29, 1.82) is 0 Å². The molecule has 0 bridgehead atoms. The van der Waals surface area contributed by atoms with E-state index in [1.165, 1.54) is 0 Å². The molecule has 0 aromatic carbocycles. The maximum absolute atomic E-state index is 5.78. The number of nitrogens with zero attached hydrogens (tertiary/aromatic N) is 2. The van der Waals surface area contributed by atoms with Crippen LogP contribution in [0.4, 0.5) is 0 Å². The maximum atomic E-state index is 5.78. The van der Waals surface area contributed by atoms with E-state index >= 15 is 0 Å². The Morgan fingerprint density at radius 3 is 2.85 bits per heavy atom. The summed E-state index contributed by atoms with van der Waals surface area (Å²) in [6.45, 7) is 10.1. The molecular formula is C19H34N4O3. The molecule has 2 N–H and O–H groups in total. The Morgan fingerprint density at radius 2 is 2.23 bits per heavy atom. The molecule has 0 aliphatic carbocycles. The van der Waals surface area contributed by atoms with E-state index < -0.39 is 0 Å². The average molecular weight is 367 g/mol. The zero-order valence-corrected chi connectivity index (χ0v) is 16.4. The van der Waals surface area contributed by atoms with Gasteiger partial charge in [-0.3, -0.25) is 9.89 Å². The second-order valence-electron chi connectivity index (χ2n) is 6.34. The molecule has 1 aromatic heterocycles. The Hall–Kier alpha value is -1.57. The van der Waals surface area contributed by atoms with Crippen LogP contribution in [0.15, 0.2) is 27.8 Å². The maximum Gasteiger partial charge on any atom is 0.191 e. The van der Waals surface area contributed by atoms with Crippen LogP contribution < -0.4 is 10.6 Å². The van der Waals surface area contributed by atoms with Crippen LogP contribution in [0.5, 0.6) is 0 Å². The summed E-state index contributed by atoms with van der Waals surface area (Å²) in [4.78, 5) is 6.68. The Labute approximate surface area is 157 Å². The summed E-state index contributed by atoms with van der Waals surface area (Å²) in [7, 11) is 1.79. The molecule has 148 valence electrons. The summed E-state index contributed by atoms with van der Waals surface area (Å²) in [6, 6.07) is 4.16. The van der Waals surface area contributed by atoms with Crippen LogP contribution in [0.25, 0.3) is 0 Å². The second kappa shape index (κ2) is 11.9. The van der Waals surface area contributed by atoms with Crippen molar-refractivity contribution in [2.24, 2.45) is 4.99 Å². The minimum Gasteiger partial charge on any atom is -0.468 e. The summed E-state index contributed by atoms with van der Waals surface area (Å²) < 4.78 is 16.7. The first-order valence-corrected chi connectivity index (χ1v) is 9.69. The van der Waals surface area contributed by atoms with E-state index in [2.05, 4.69) is 34.4 Å². The van der Waals surface area contributed by atoms with Crippen molar-refractivity contribution in [3.8, 4) is 0 Å². The van der Waals surface area contributed by atoms with E-state index in [0.29, 0.717) is 0 Å². The van der Waals surface area contributed by atoms with Gasteiger partial charge in [0.15, 0.2) is 5.96 Å². The highest BCUT2D eigenvalue weighted by atomic mass is 16.5. The first kappa shape index (κ1) is 20.7. The van der Waals surface area contributed by atoms with E-state index in [0.717, 1.165) is 70.6 Å². The lowest BCUT2D eigenvalue weighted by atomic mass is 10.2. The van der Waals surface area contributed by atoms with E-state index in [4.69, 9.17) is 13.9 Å². The van der Waals surface area contributed by atoms with E-state index in [9.17, 15) is 0 Å². The van der Waals surface area contributed by atoms with Gasteiger partial charge in [0.25, 0.3) is 0 Å². The zero-order valence-electron chi connectivity index (χ0n) is 16.4. The Balaban J connectivity index is 1.71. The number of rotatable bonds is 11. The van der Waals surface area contributed by atoms with Crippen LogP contribution in [-0.2, 0) is 9.47 Å². The van der Waals surface area contributed by atoms with Crippen molar-refractivity contribution in [1.82, 2.24) is 15.5 Å². The molecule has 26 heavy (non-hydrogen) atoms. The van der Waals surface area contributed by atoms with E-state index in [1.54, 1.807) is 13.3 Å². The predicted molar refractivity (Wildman–Crippen MR) is 104 cm³/mol. The van der Waals surface area contributed by atoms with E-state index in [1.807, 2.05) is 12.1 Å². The summed E-state index contributed by atoms with van der Waals surface area (Å²) in [5, 5.41) is 6.76. The molecule has 7 heteroatoms. The number of hydrogen-bond acceptors (Lipinski definition) is 5. The molecule has 0 radical (unpaired) electrons. The molecule has 1 aliphatic rings. The highest BCUT2D eigenvalue weighted by molar-refractivity contribution is 5.79. The van der Waals surface area contributed by atoms with Crippen LogP contribution in [0, 0.1) is 0 Å². The Morgan fingerprint density at radius 1 is 1.38 bits per heavy atom. The van der Waals surface area contributed by atoms with Crippen molar-refractivity contribution in [2.75, 3.05) is 53.0 Å². The third kappa shape index (κ3) is 6.63.